The van der Waals surface area contributed by atoms with Gasteiger partial charge < -0.3 is 9.64 Å². The zero-order valence-electron chi connectivity index (χ0n) is 17.6. The number of likely N-dealkylation sites (tertiary alicyclic amines) is 1. The molecule has 0 bridgehead atoms. The zero-order valence-corrected chi connectivity index (χ0v) is 17.6. The Morgan fingerprint density at radius 1 is 1.20 bits per heavy atom. The van der Waals surface area contributed by atoms with Crippen molar-refractivity contribution in [1.82, 2.24) is 14.9 Å². The van der Waals surface area contributed by atoms with E-state index in [1.54, 1.807) is 0 Å². The minimum absolute atomic E-state index is 0.00523. The SMILES string of the molecule is COCC(=O)N1CC[C@H](c2nc(C)c3c(n2)N(CCc2ccccc2)C(=O)CC3)C1. The standard InChI is InChI=1S/C23H28N4O3/c1-16-19-8-9-20(28)27(13-10-17-6-4-3-5-7-17)23(19)25-22(24-16)18-11-12-26(14-18)21(29)15-30-2/h3-7,18H,8-15H2,1-2H3/t18-/m0/s1. The van der Waals surface area contributed by atoms with Crippen molar-refractivity contribution in [2.45, 2.75) is 38.5 Å². The van der Waals surface area contributed by atoms with Gasteiger partial charge in [0.05, 0.1) is 0 Å². The summed E-state index contributed by atoms with van der Waals surface area (Å²) in [4.78, 5) is 38.1. The van der Waals surface area contributed by atoms with Gasteiger partial charge in [-0.05, 0) is 31.7 Å². The van der Waals surface area contributed by atoms with E-state index in [9.17, 15) is 9.59 Å². The van der Waals surface area contributed by atoms with Crippen LogP contribution in [-0.4, -0.2) is 60.0 Å². The van der Waals surface area contributed by atoms with E-state index in [0.29, 0.717) is 32.5 Å². The van der Waals surface area contributed by atoms with Gasteiger partial charge in [-0.1, -0.05) is 30.3 Å². The summed E-state index contributed by atoms with van der Waals surface area (Å²) >= 11 is 0. The normalized spacial score (nSPS) is 18.6. The molecule has 1 aromatic heterocycles. The summed E-state index contributed by atoms with van der Waals surface area (Å²) in [5.74, 6) is 1.69. The van der Waals surface area contributed by atoms with Crippen LogP contribution in [0.1, 0.15) is 41.4 Å². The van der Waals surface area contributed by atoms with E-state index in [0.717, 1.165) is 35.7 Å². The van der Waals surface area contributed by atoms with Crippen molar-refractivity contribution in [3.05, 3.63) is 53.0 Å². The van der Waals surface area contributed by atoms with Crippen molar-refractivity contribution in [2.24, 2.45) is 0 Å². The van der Waals surface area contributed by atoms with Gasteiger partial charge in [-0.2, -0.15) is 0 Å². The minimum Gasteiger partial charge on any atom is -0.375 e. The van der Waals surface area contributed by atoms with Gasteiger partial charge in [0.25, 0.3) is 0 Å². The fraction of sp³-hybridized carbons (Fsp3) is 0.478. The number of carbonyl (C=O) groups excluding carboxylic acids is 2. The van der Waals surface area contributed by atoms with Crippen LogP contribution in [0.5, 0.6) is 0 Å². The van der Waals surface area contributed by atoms with E-state index in [1.165, 1.54) is 12.7 Å². The molecule has 2 aliphatic heterocycles. The first-order valence-corrected chi connectivity index (χ1v) is 10.5. The third-order valence-corrected chi connectivity index (χ3v) is 6.00. The third kappa shape index (κ3) is 4.21. The number of hydrogen-bond acceptors (Lipinski definition) is 5. The predicted molar refractivity (Wildman–Crippen MR) is 113 cm³/mol. The van der Waals surface area contributed by atoms with Crippen molar-refractivity contribution in [3.63, 3.8) is 0 Å². The number of carbonyl (C=O) groups is 2. The van der Waals surface area contributed by atoms with Gasteiger partial charge in [-0.15, -0.1) is 0 Å². The number of amides is 2. The molecule has 30 heavy (non-hydrogen) atoms. The maximum atomic E-state index is 12.7. The Kier molecular flexibility index (Phi) is 6.08. The Morgan fingerprint density at radius 2 is 2.00 bits per heavy atom. The van der Waals surface area contributed by atoms with Crippen LogP contribution in [0.25, 0.3) is 0 Å². The molecule has 0 spiro atoms. The van der Waals surface area contributed by atoms with E-state index >= 15 is 0 Å². The van der Waals surface area contributed by atoms with E-state index in [1.807, 2.05) is 34.9 Å². The van der Waals surface area contributed by atoms with Crippen LogP contribution in [0.2, 0.25) is 0 Å². The molecular weight excluding hydrogens is 380 g/mol. The van der Waals surface area contributed by atoms with Crippen molar-refractivity contribution < 1.29 is 14.3 Å². The first-order chi connectivity index (χ1) is 14.6. The van der Waals surface area contributed by atoms with Crippen LogP contribution in [0.15, 0.2) is 30.3 Å². The van der Waals surface area contributed by atoms with E-state index < -0.39 is 0 Å². The number of ether oxygens (including phenoxy) is 1. The van der Waals surface area contributed by atoms with Crippen molar-refractivity contribution >= 4 is 17.6 Å². The summed E-state index contributed by atoms with van der Waals surface area (Å²) in [7, 11) is 1.53. The molecular formula is C23H28N4O3. The molecule has 0 aliphatic carbocycles. The van der Waals surface area contributed by atoms with Crippen molar-refractivity contribution in [3.8, 4) is 0 Å². The van der Waals surface area contributed by atoms with Crippen molar-refractivity contribution in [2.75, 3.05) is 38.3 Å². The number of rotatable bonds is 6. The number of aryl methyl sites for hydroxylation is 1. The summed E-state index contributed by atoms with van der Waals surface area (Å²) in [5, 5.41) is 0. The van der Waals surface area contributed by atoms with Gasteiger partial charge in [0, 0.05) is 50.3 Å². The molecule has 0 radical (unpaired) electrons. The minimum atomic E-state index is -0.00523. The largest absolute Gasteiger partial charge is 0.375 e. The number of aromatic nitrogens is 2. The first kappa shape index (κ1) is 20.5. The quantitative estimate of drug-likeness (QED) is 0.733. The number of benzene rings is 1. The van der Waals surface area contributed by atoms with Crippen LogP contribution in [-0.2, 0) is 27.2 Å². The highest BCUT2D eigenvalue weighted by Gasteiger charge is 2.32. The summed E-state index contributed by atoms with van der Waals surface area (Å²) < 4.78 is 4.97. The molecule has 3 heterocycles. The zero-order chi connectivity index (χ0) is 21.1. The first-order valence-electron chi connectivity index (χ1n) is 10.5. The van der Waals surface area contributed by atoms with Crippen LogP contribution in [0, 0.1) is 6.92 Å². The van der Waals surface area contributed by atoms with Gasteiger partial charge in [0.2, 0.25) is 11.8 Å². The lowest BCUT2D eigenvalue weighted by atomic mass is 10.0. The molecule has 2 aliphatic rings. The highest BCUT2D eigenvalue weighted by Crippen LogP contribution is 2.32. The lowest BCUT2D eigenvalue weighted by Gasteiger charge is -2.30. The van der Waals surface area contributed by atoms with Gasteiger partial charge in [0.1, 0.15) is 18.2 Å². The Labute approximate surface area is 177 Å². The monoisotopic (exact) mass is 408 g/mol. The second-order valence-corrected chi connectivity index (χ2v) is 8.01. The van der Waals surface area contributed by atoms with Crippen LogP contribution < -0.4 is 4.90 Å². The topological polar surface area (TPSA) is 75.6 Å². The molecule has 7 nitrogen and oxygen atoms in total. The number of nitrogens with zero attached hydrogens (tertiary/aromatic N) is 4. The fourth-order valence-corrected chi connectivity index (χ4v) is 4.31. The fourth-order valence-electron chi connectivity index (χ4n) is 4.31. The predicted octanol–water partition coefficient (Wildman–Crippen LogP) is 2.27. The average molecular weight is 409 g/mol. The molecule has 2 aromatic rings. The third-order valence-electron chi connectivity index (χ3n) is 6.00. The lowest BCUT2D eigenvalue weighted by Crippen LogP contribution is -2.38. The maximum absolute atomic E-state index is 12.7. The number of fused-ring (bicyclic) bond motifs is 1. The highest BCUT2D eigenvalue weighted by atomic mass is 16.5. The maximum Gasteiger partial charge on any atom is 0.248 e. The highest BCUT2D eigenvalue weighted by molar-refractivity contribution is 5.95. The number of anilines is 1. The Hall–Kier alpha value is -2.80. The number of methoxy groups -OCH3 is 1. The molecule has 0 N–H and O–H groups in total. The van der Waals surface area contributed by atoms with E-state index in [2.05, 4.69) is 12.1 Å². The van der Waals surface area contributed by atoms with Crippen LogP contribution in [0.3, 0.4) is 0 Å². The molecule has 0 unspecified atom stereocenters. The van der Waals surface area contributed by atoms with E-state index in [4.69, 9.17) is 14.7 Å². The number of hydrogen-bond donors (Lipinski definition) is 0. The second kappa shape index (κ2) is 8.92. The molecule has 158 valence electrons. The molecule has 2 amide bonds. The summed E-state index contributed by atoms with van der Waals surface area (Å²) in [6, 6.07) is 10.2. The summed E-state index contributed by atoms with van der Waals surface area (Å²) in [6.45, 7) is 3.98. The van der Waals surface area contributed by atoms with Crippen molar-refractivity contribution in [1.29, 1.82) is 0 Å². The smallest absolute Gasteiger partial charge is 0.248 e. The Balaban J connectivity index is 1.56. The lowest BCUT2D eigenvalue weighted by molar-refractivity contribution is -0.134. The molecule has 0 saturated carbocycles. The van der Waals surface area contributed by atoms with E-state index in [-0.39, 0.29) is 24.3 Å². The van der Waals surface area contributed by atoms with Gasteiger partial charge in [-0.25, -0.2) is 9.97 Å². The average Bonchev–Trinajstić information content (AvgIpc) is 3.24. The van der Waals surface area contributed by atoms with Gasteiger partial charge in [0.15, 0.2) is 0 Å². The molecule has 7 heteroatoms. The van der Waals surface area contributed by atoms with Crippen LogP contribution in [0.4, 0.5) is 5.82 Å². The van der Waals surface area contributed by atoms with Crippen LogP contribution >= 0.6 is 0 Å². The van der Waals surface area contributed by atoms with Gasteiger partial charge in [-0.3, -0.25) is 14.5 Å². The molecule has 1 atom stereocenters. The Morgan fingerprint density at radius 3 is 2.77 bits per heavy atom. The molecule has 1 aromatic carbocycles. The Bertz CT molecular complexity index is 932. The molecule has 1 saturated heterocycles. The summed E-state index contributed by atoms with van der Waals surface area (Å²) in [5.41, 5.74) is 3.21. The second-order valence-electron chi connectivity index (χ2n) is 8.01. The molecule has 1 fully saturated rings. The molecule has 4 rings (SSSR count). The summed E-state index contributed by atoms with van der Waals surface area (Å²) in [6.07, 6.45) is 2.79. The van der Waals surface area contributed by atoms with Gasteiger partial charge >= 0.3 is 0 Å².